The molecular formula is C13H18O4. The lowest BCUT2D eigenvalue weighted by atomic mass is 9.82. The molecule has 0 aliphatic heterocycles. The van der Waals surface area contributed by atoms with Crippen LogP contribution in [-0.2, 0) is 16.6 Å². The molecule has 1 atom stereocenters. The van der Waals surface area contributed by atoms with E-state index in [1.54, 1.807) is 12.1 Å². The Hall–Kier alpha value is -1.55. The molecule has 2 N–H and O–H groups in total. The van der Waals surface area contributed by atoms with Gasteiger partial charge in [0.2, 0.25) is 0 Å². The van der Waals surface area contributed by atoms with E-state index in [1.165, 1.54) is 14.0 Å². The van der Waals surface area contributed by atoms with E-state index in [2.05, 4.69) is 0 Å². The number of aliphatic hydroxyl groups excluding tert-OH is 1. The van der Waals surface area contributed by atoms with Crippen LogP contribution in [0, 0.1) is 0 Å². The molecule has 4 heteroatoms. The second kappa shape index (κ2) is 5.19. The largest absolute Gasteiger partial charge is 0.496 e. The number of carbonyl (C=O) groups is 1. The molecule has 0 heterocycles. The van der Waals surface area contributed by atoms with Crippen molar-refractivity contribution in [2.24, 2.45) is 0 Å². The molecule has 17 heavy (non-hydrogen) atoms. The lowest BCUT2D eigenvalue weighted by Crippen LogP contribution is -2.36. The first-order chi connectivity index (χ1) is 7.99. The minimum Gasteiger partial charge on any atom is -0.496 e. The Labute approximate surface area is 101 Å². The highest BCUT2D eigenvalue weighted by Gasteiger charge is 2.37. The summed E-state index contributed by atoms with van der Waals surface area (Å²) in [5, 5.41) is 18.6. The van der Waals surface area contributed by atoms with Crippen LogP contribution in [0.1, 0.15) is 25.0 Å². The summed E-state index contributed by atoms with van der Waals surface area (Å²) in [6.45, 7) is 3.02. The Kier molecular flexibility index (Phi) is 4.12. The highest BCUT2D eigenvalue weighted by molar-refractivity contribution is 5.82. The molecule has 94 valence electrons. The molecular weight excluding hydrogens is 220 g/mol. The van der Waals surface area contributed by atoms with Gasteiger partial charge in [0.15, 0.2) is 0 Å². The van der Waals surface area contributed by atoms with E-state index in [0.717, 1.165) is 12.0 Å². The van der Waals surface area contributed by atoms with Gasteiger partial charge in [-0.1, -0.05) is 19.1 Å². The number of methoxy groups -OCH3 is 1. The van der Waals surface area contributed by atoms with Gasteiger partial charge in [0.25, 0.3) is 0 Å². The predicted molar refractivity (Wildman–Crippen MR) is 64.4 cm³/mol. The minimum absolute atomic E-state index is 0.466. The topological polar surface area (TPSA) is 66.8 Å². The van der Waals surface area contributed by atoms with Crippen LogP contribution in [0.3, 0.4) is 0 Å². The van der Waals surface area contributed by atoms with Crippen molar-refractivity contribution in [2.45, 2.75) is 25.7 Å². The van der Waals surface area contributed by atoms with E-state index in [1.807, 2.05) is 13.0 Å². The summed E-state index contributed by atoms with van der Waals surface area (Å²) in [6, 6.07) is 5.41. The third-order valence-electron chi connectivity index (χ3n) is 3.05. The highest BCUT2D eigenvalue weighted by atomic mass is 16.5. The van der Waals surface area contributed by atoms with Crippen LogP contribution in [0.5, 0.6) is 5.75 Å². The average molecular weight is 238 g/mol. The second-order valence-corrected chi connectivity index (χ2v) is 4.18. The van der Waals surface area contributed by atoms with Crippen molar-refractivity contribution in [2.75, 3.05) is 13.7 Å². The number of carboxylic acid groups (broad SMARTS) is 1. The number of ether oxygens (including phenoxy) is 1. The van der Waals surface area contributed by atoms with Crippen LogP contribution >= 0.6 is 0 Å². The molecule has 0 aliphatic rings. The molecule has 0 radical (unpaired) electrons. The summed E-state index contributed by atoms with van der Waals surface area (Å²) in [6.07, 6.45) is 0.804. The third kappa shape index (κ3) is 2.42. The molecule has 0 aromatic heterocycles. The monoisotopic (exact) mass is 238 g/mol. The zero-order chi connectivity index (χ0) is 13.1. The number of hydrogen-bond donors (Lipinski definition) is 2. The lowest BCUT2D eigenvalue weighted by molar-refractivity contribution is -0.144. The Balaban J connectivity index is 3.39. The molecule has 0 saturated heterocycles. The van der Waals surface area contributed by atoms with Gasteiger partial charge in [0.1, 0.15) is 11.2 Å². The first-order valence-corrected chi connectivity index (χ1v) is 5.51. The maximum Gasteiger partial charge on any atom is 0.316 e. The minimum atomic E-state index is -1.34. The van der Waals surface area contributed by atoms with Crippen molar-refractivity contribution < 1.29 is 19.7 Å². The van der Waals surface area contributed by atoms with Gasteiger partial charge in [0, 0.05) is 5.56 Å². The molecule has 0 spiro atoms. The molecule has 1 rings (SSSR count). The number of benzene rings is 1. The standard InChI is InChI=1S/C13H18O4/c1-4-9-5-6-11(17-3)10(7-9)13(2,8-14)12(15)16/h5-7,14H,4,8H2,1-3H3,(H,15,16). The van der Waals surface area contributed by atoms with Crippen LogP contribution in [0.25, 0.3) is 0 Å². The fraction of sp³-hybridized carbons (Fsp3) is 0.462. The summed E-state index contributed by atoms with van der Waals surface area (Å²) in [5.41, 5.74) is 0.187. The maximum atomic E-state index is 11.3. The Morgan fingerprint density at radius 2 is 2.12 bits per heavy atom. The van der Waals surface area contributed by atoms with Crippen LogP contribution in [0.4, 0.5) is 0 Å². The molecule has 0 bridgehead atoms. The van der Waals surface area contributed by atoms with Crippen LogP contribution in [0.2, 0.25) is 0 Å². The second-order valence-electron chi connectivity index (χ2n) is 4.18. The summed E-state index contributed by atoms with van der Waals surface area (Å²) in [5.74, 6) is -0.576. The number of aliphatic carboxylic acids is 1. The Bertz CT molecular complexity index is 414. The molecule has 1 aromatic carbocycles. The van der Waals surface area contributed by atoms with Crippen molar-refractivity contribution in [1.29, 1.82) is 0 Å². The summed E-state index contributed by atoms with van der Waals surface area (Å²) in [4.78, 5) is 11.3. The molecule has 0 saturated carbocycles. The van der Waals surface area contributed by atoms with E-state index in [-0.39, 0.29) is 0 Å². The molecule has 1 aromatic rings. The van der Waals surface area contributed by atoms with Gasteiger partial charge in [-0.05, 0) is 25.0 Å². The zero-order valence-corrected chi connectivity index (χ0v) is 10.4. The summed E-state index contributed by atoms with van der Waals surface area (Å²) in [7, 11) is 1.49. The van der Waals surface area contributed by atoms with Crippen molar-refractivity contribution in [3.63, 3.8) is 0 Å². The normalized spacial score (nSPS) is 14.1. The van der Waals surface area contributed by atoms with Gasteiger partial charge in [-0.3, -0.25) is 4.79 Å². The van der Waals surface area contributed by atoms with Crippen LogP contribution in [-0.4, -0.2) is 29.9 Å². The quantitative estimate of drug-likeness (QED) is 0.817. The molecule has 0 aliphatic carbocycles. The smallest absolute Gasteiger partial charge is 0.316 e. The number of aryl methyl sites for hydroxylation is 1. The van der Waals surface area contributed by atoms with E-state index in [9.17, 15) is 15.0 Å². The fourth-order valence-electron chi connectivity index (χ4n) is 1.67. The van der Waals surface area contributed by atoms with Gasteiger partial charge in [-0.15, -0.1) is 0 Å². The predicted octanol–water partition coefficient (Wildman–Crippen LogP) is 1.59. The average Bonchev–Trinajstić information content (AvgIpc) is 2.36. The molecule has 0 amide bonds. The van der Waals surface area contributed by atoms with Gasteiger partial charge in [-0.25, -0.2) is 0 Å². The van der Waals surface area contributed by atoms with Crippen molar-refractivity contribution in [1.82, 2.24) is 0 Å². The number of aliphatic hydroxyl groups is 1. The number of carboxylic acids is 1. The lowest BCUT2D eigenvalue weighted by Gasteiger charge is -2.25. The van der Waals surface area contributed by atoms with E-state index >= 15 is 0 Å². The van der Waals surface area contributed by atoms with Crippen molar-refractivity contribution in [3.05, 3.63) is 29.3 Å². The van der Waals surface area contributed by atoms with E-state index in [4.69, 9.17) is 4.74 Å². The van der Waals surface area contributed by atoms with E-state index in [0.29, 0.717) is 11.3 Å². The Morgan fingerprint density at radius 3 is 2.53 bits per heavy atom. The molecule has 0 fully saturated rings. The third-order valence-corrected chi connectivity index (χ3v) is 3.05. The fourth-order valence-corrected chi connectivity index (χ4v) is 1.67. The molecule has 1 unspecified atom stereocenters. The SMILES string of the molecule is CCc1ccc(OC)c(C(C)(CO)C(=O)O)c1. The first kappa shape index (κ1) is 13.5. The zero-order valence-electron chi connectivity index (χ0n) is 10.4. The van der Waals surface area contributed by atoms with Gasteiger partial charge in [0.05, 0.1) is 13.7 Å². The molecule has 4 nitrogen and oxygen atoms in total. The van der Waals surface area contributed by atoms with Crippen LogP contribution in [0.15, 0.2) is 18.2 Å². The summed E-state index contributed by atoms with van der Waals surface area (Å²) >= 11 is 0. The van der Waals surface area contributed by atoms with Crippen molar-refractivity contribution in [3.8, 4) is 5.75 Å². The first-order valence-electron chi connectivity index (χ1n) is 5.51. The number of rotatable bonds is 5. The van der Waals surface area contributed by atoms with Crippen molar-refractivity contribution >= 4 is 5.97 Å². The number of hydrogen-bond acceptors (Lipinski definition) is 3. The highest BCUT2D eigenvalue weighted by Crippen LogP contribution is 2.33. The van der Waals surface area contributed by atoms with Gasteiger partial charge >= 0.3 is 5.97 Å². The van der Waals surface area contributed by atoms with Gasteiger partial charge < -0.3 is 14.9 Å². The maximum absolute atomic E-state index is 11.3. The van der Waals surface area contributed by atoms with Crippen LogP contribution < -0.4 is 4.74 Å². The van der Waals surface area contributed by atoms with E-state index < -0.39 is 18.0 Å². The van der Waals surface area contributed by atoms with Gasteiger partial charge in [-0.2, -0.15) is 0 Å². The Morgan fingerprint density at radius 1 is 1.47 bits per heavy atom. The summed E-state index contributed by atoms with van der Waals surface area (Å²) < 4.78 is 5.17.